The Labute approximate surface area is 129 Å². The van der Waals surface area contributed by atoms with Gasteiger partial charge < -0.3 is 10.5 Å². The number of hydrogen-bond acceptors (Lipinski definition) is 4. The smallest absolute Gasteiger partial charge is 0.0590 e. The van der Waals surface area contributed by atoms with Crippen molar-refractivity contribution in [3.05, 3.63) is 0 Å². The Bertz CT molecular complexity index is 320. The van der Waals surface area contributed by atoms with Crippen molar-refractivity contribution in [2.24, 2.45) is 17.1 Å². The van der Waals surface area contributed by atoms with Crippen LogP contribution >= 0.6 is 11.8 Å². The van der Waals surface area contributed by atoms with Crippen molar-refractivity contribution in [2.45, 2.75) is 51.6 Å². The Morgan fingerprint density at radius 2 is 2.05 bits per heavy atom. The van der Waals surface area contributed by atoms with Crippen LogP contribution in [-0.4, -0.2) is 54.8 Å². The molecule has 20 heavy (non-hydrogen) atoms. The second-order valence-electron chi connectivity index (χ2n) is 7.53. The van der Waals surface area contributed by atoms with Gasteiger partial charge in [-0.1, -0.05) is 13.8 Å². The van der Waals surface area contributed by atoms with Gasteiger partial charge in [0, 0.05) is 37.5 Å². The van der Waals surface area contributed by atoms with Crippen LogP contribution in [0.1, 0.15) is 40.0 Å². The molecule has 3 nitrogen and oxygen atoms in total. The Hall–Kier alpha value is 0.230. The van der Waals surface area contributed by atoms with Crippen molar-refractivity contribution in [1.82, 2.24) is 4.90 Å². The number of ether oxygens (including phenoxy) is 1. The van der Waals surface area contributed by atoms with E-state index in [0.717, 1.165) is 25.6 Å². The summed E-state index contributed by atoms with van der Waals surface area (Å²) in [5.41, 5.74) is 6.84. The molecule has 1 aliphatic heterocycles. The Morgan fingerprint density at radius 3 is 2.55 bits per heavy atom. The van der Waals surface area contributed by atoms with Crippen LogP contribution < -0.4 is 5.73 Å². The summed E-state index contributed by atoms with van der Waals surface area (Å²) in [5, 5.41) is 0. The Balaban J connectivity index is 2.17. The standard InChI is InChI=1S/C16H32N2OS/c1-13(14-5-6-14)18(7-8-19-4)16(10-17)9-15(2,3)11-20-12-16/h13-14H,5-12,17H2,1-4H3. The second kappa shape index (κ2) is 6.55. The first kappa shape index (κ1) is 16.6. The average Bonchev–Trinajstić information content (AvgIpc) is 3.22. The van der Waals surface area contributed by atoms with Gasteiger partial charge in [0.15, 0.2) is 0 Å². The van der Waals surface area contributed by atoms with Crippen LogP contribution in [0.3, 0.4) is 0 Å². The van der Waals surface area contributed by atoms with E-state index < -0.39 is 0 Å². The van der Waals surface area contributed by atoms with Crippen LogP contribution in [0.4, 0.5) is 0 Å². The first-order chi connectivity index (χ1) is 9.44. The Morgan fingerprint density at radius 1 is 1.35 bits per heavy atom. The molecule has 0 aromatic carbocycles. The maximum absolute atomic E-state index is 6.29. The topological polar surface area (TPSA) is 38.5 Å². The first-order valence-electron chi connectivity index (χ1n) is 7.98. The summed E-state index contributed by atoms with van der Waals surface area (Å²) >= 11 is 2.08. The molecule has 2 rings (SSSR count). The summed E-state index contributed by atoms with van der Waals surface area (Å²) in [6, 6.07) is 0.642. The molecule has 2 unspecified atom stereocenters. The van der Waals surface area contributed by atoms with E-state index in [1.165, 1.54) is 30.8 Å². The monoisotopic (exact) mass is 300 g/mol. The van der Waals surface area contributed by atoms with E-state index in [-0.39, 0.29) is 5.54 Å². The molecule has 4 heteroatoms. The van der Waals surface area contributed by atoms with Gasteiger partial charge >= 0.3 is 0 Å². The second-order valence-corrected chi connectivity index (χ2v) is 8.51. The van der Waals surface area contributed by atoms with Gasteiger partial charge in [0.2, 0.25) is 0 Å². The molecule has 0 amide bonds. The van der Waals surface area contributed by atoms with Gasteiger partial charge in [-0.15, -0.1) is 0 Å². The average molecular weight is 301 g/mol. The minimum atomic E-state index is 0.160. The van der Waals surface area contributed by atoms with Crippen LogP contribution in [0.5, 0.6) is 0 Å². The molecule has 1 saturated heterocycles. The number of hydrogen-bond donors (Lipinski definition) is 1. The lowest BCUT2D eigenvalue weighted by atomic mass is 9.78. The molecule has 0 aromatic rings. The van der Waals surface area contributed by atoms with E-state index in [0.29, 0.717) is 11.5 Å². The third-order valence-corrected chi connectivity index (χ3v) is 6.72. The van der Waals surface area contributed by atoms with Gasteiger partial charge in [0.1, 0.15) is 0 Å². The van der Waals surface area contributed by atoms with E-state index in [4.69, 9.17) is 10.5 Å². The Kier molecular flexibility index (Phi) is 5.44. The normalized spacial score (nSPS) is 31.5. The predicted octanol–water partition coefficient (Wildman–Crippen LogP) is 2.59. The fourth-order valence-electron chi connectivity index (χ4n) is 3.84. The highest BCUT2D eigenvalue weighted by molar-refractivity contribution is 7.99. The largest absolute Gasteiger partial charge is 0.383 e. The fraction of sp³-hybridized carbons (Fsp3) is 1.00. The maximum Gasteiger partial charge on any atom is 0.0590 e. The van der Waals surface area contributed by atoms with Crippen LogP contribution in [0, 0.1) is 11.3 Å². The van der Waals surface area contributed by atoms with Gasteiger partial charge in [0.05, 0.1) is 6.61 Å². The van der Waals surface area contributed by atoms with E-state index in [2.05, 4.69) is 37.4 Å². The van der Waals surface area contributed by atoms with E-state index in [1.807, 2.05) is 0 Å². The number of methoxy groups -OCH3 is 1. The van der Waals surface area contributed by atoms with Crippen LogP contribution in [0.25, 0.3) is 0 Å². The van der Waals surface area contributed by atoms with Crippen molar-refractivity contribution < 1.29 is 4.74 Å². The predicted molar refractivity (Wildman–Crippen MR) is 88.3 cm³/mol. The quantitative estimate of drug-likeness (QED) is 0.784. The lowest BCUT2D eigenvalue weighted by molar-refractivity contribution is 0.00847. The molecule has 1 aliphatic carbocycles. The zero-order valence-electron chi connectivity index (χ0n) is 13.7. The highest BCUT2D eigenvalue weighted by Crippen LogP contribution is 2.45. The fourth-order valence-corrected chi connectivity index (χ4v) is 5.36. The van der Waals surface area contributed by atoms with E-state index in [1.54, 1.807) is 7.11 Å². The molecule has 2 aliphatic rings. The van der Waals surface area contributed by atoms with E-state index in [9.17, 15) is 0 Å². The van der Waals surface area contributed by atoms with Crippen molar-refractivity contribution >= 4 is 11.8 Å². The van der Waals surface area contributed by atoms with Crippen molar-refractivity contribution in [3.63, 3.8) is 0 Å². The minimum Gasteiger partial charge on any atom is -0.383 e. The van der Waals surface area contributed by atoms with E-state index >= 15 is 0 Å². The van der Waals surface area contributed by atoms with Gasteiger partial charge in [-0.2, -0.15) is 11.8 Å². The molecule has 0 radical (unpaired) electrons. The first-order valence-corrected chi connectivity index (χ1v) is 9.13. The third kappa shape index (κ3) is 3.70. The van der Waals surface area contributed by atoms with Crippen LogP contribution in [-0.2, 0) is 4.74 Å². The number of rotatable bonds is 7. The van der Waals surface area contributed by atoms with Gasteiger partial charge in [-0.25, -0.2) is 0 Å². The summed E-state index contributed by atoms with van der Waals surface area (Å²) in [4.78, 5) is 2.70. The lowest BCUT2D eigenvalue weighted by Gasteiger charge is -2.53. The highest BCUT2D eigenvalue weighted by Gasteiger charge is 2.47. The van der Waals surface area contributed by atoms with Crippen LogP contribution in [0.2, 0.25) is 0 Å². The zero-order valence-corrected chi connectivity index (χ0v) is 14.5. The molecule has 1 saturated carbocycles. The number of thioether (sulfide) groups is 1. The SMILES string of the molecule is COCCN(C(C)C1CC1)C1(CN)CSCC(C)(C)C1. The molecule has 0 spiro atoms. The van der Waals surface area contributed by atoms with Gasteiger partial charge in [0.25, 0.3) is 0 Å². The molecule has 1 heterocycles. The number of nitrogens with two attached hydrogens (primary N) is 1. The molecule has 2 atom stereocenters. The lowest BCUT2D eigenvalue weighted by Crippen LogP contribution is -2.63. The molecule has 0 aromatic heterocycles. The molecule has 0 bridgehead atoms. The molecule has 118 valence electrons. The number of nitrogens with zero attached hydrogens (tertiary/aromatic N) is 1. The highest BCUT2D eigenvalue weighted by atomic mass is 32.2. The zero-order chi connectivity index (χ0) is 14.8. The molecule has 2 fully saturated rings. The van der Waals surface area contributed by atoms with Gasteiger partial charge in [-0.3, -0.25) is 4.90 Å². The summed E-state index contributed by atoms with van der Waals surface area (Å²) in [6.45, 7) is 9.77. The molecule has 2 N–H and O–H groups in total. The van der Waals surface area contributed by atoms with Crippen LogP contribution in [0.15, 0.2) is 0 Å². The van der Waals surface area contributed by atoms with Crippen molar-refractivity contribution in [3.8, 4) is 0 Å². The molecular formula is C16H32N2OS. The van der Waals surface area contributed by atoms with Crippen molar-refractivity contribution in [1.29, 1.82) is 0 Å². The third-order valence-electron chi connectivity index (χ3n) is 4.99. The van der Waals surface area contributed by atoms with Crippen molar-refractivity contribution in [2.75, 3.05) is 38.3 Å². The summed E-state index contributed by atoms with van der Waals surface area (Å²) in [5.74, 6) is 3.31. The minimum absolute atomic E-state index is 0.160. The summed E-state index contributed by atoms with van der Waals surface area (Å²) in [7, 11) is 1.80. The summed E-state index contributed by atoms with van der Waals surface area (Å²) in [6.07, 6.45) is 3.99. The molecular weight excluding hydrogens is 268 g/mol. The van der Waals surface area contributed by atoms with Gasteiger partial charge in [-0.05, 0) is 43.3 Å². The maximum atomic E-state index is 6.29. The summed E-state index contributed by atoms with van der Waals surface area (Å²) < 4.78 is 5.37.